The molecule has 19 heavy (non-hydrogen) atoms. The van der Waals surface area contributed by atoms with Crippen molar-refractivity contribution < 1.29 is 14.4 Å². The standard InChI is InChI=1S/C13H7N3O3/c17-10-6-3-1-2-4-7(6)11(18)9-8(10)12-14-5-15-16(12)13(9)19/h1-7H. The van der Waals surface area contributed by atoms with Crippen molar-refractivity contribution in [3.05, 3.63) is 42.0 Å². The Morgan fingerprint density at radius 3 is 2.26 bits per heavy atom. The first kappa shape index (κ1) is 10.3. The van der Waals surface area contributed by atoms with Gasteiger partial charge in [-0.3, -0.25) is 14.4 Å². The van der Waals surface area contributed by atoms with Gasteiger partial charge in [0.05, 0.1) is 17.4 Å². The molecule has 0 N–H and O–H groups in total. The molecule has 92 valence electrons. The van der Waals surface area contributed by atoms with Gasteiger partial charge in [0.1, 0.15) is 11.9 Å². The minimum Gasteiger partial charge on any atom is -0.293 e. The number of rotatable bonds is 0. The van der Waals surface area contributed by atoms with Crippen molar-refractivity contribution in [2.75, 3.05) is 0 Å². The normalized spacial score (nSPS) is 27.7. The van der Waals surface area contributed by atoms with Crippen LogP contribution in [0.5, 0.6) is 0 Å². The van der Waals surface area contributed by atoms with Crippen LogP contribution in [-0.4, -0.2) is 32.2 Å². The molecule has 0 fully saturated rings. The molecule has 0 spiro atoms. The predicted octanol–water partition coefficient (Wildman–Crippen LogP) is 0.196. The summed E-state index contributed by atoms with van der Waals surface area (Å²) >= 11 is 0. The molecule has 6 nitrogen and oxygen atoms in total. The second-order valence-corrected chi connectivity index (χ2v) is 4.60. The van der Waals surface area contributed by atoms with E-state index in [4.69, 9.17) is 0 Å². The fraction of sp³-hybridized carbons (Fsp3) is 0.154. The summed E-state index contributed by atoms with van der Waals surface area (Å²) < 4.78 is 1.02. The van der Waals surface area contributed by atoms with Gasteiger partial charge in [0.2, 0.25) is 0 Å². The van der Waals surface area contributed by atoms with Crippen LogP contribution in [0.15, 0.2) is 36.2 Å². The zero-order valence-corrected chi connectivity index (χ0v) is 9.61. The van der Waals surface area contributed by atoms with Crippen molar-refractivity contribution in [3.8, 4) is 0 Å². The number of allylic oxidation sites excluding steroid dienone is 6. The van der Waals surface area contributed by atoms with E-state index >= 15 is 0 Å². The van der Waals surface area contributed by atoms with Crippen molar-refractivity contribution in [2.24, 2.45) is 11.8 Å². The maximum Gasteiger partial charge on any atom is 0.284 e. The highest BCUT2D eigenvalue weighted by Crippen LogP contribution is 2.40. The second-order valence-electron chi connectivity index (χ2n) is 4.60. The molecule has 2 unspecified atom stereocenters. The smallest absolute Gasteiger partial charge is 0.284 e. The number of aromatic nitrogens is 3. The Morgan fingerprint density at radius 1 is 0.947 bits per heavy atom. The maximum absolute atomic E-state index is 12.5. The Balaban J connectivity index is 1.99. The van der Waals surface area contributed by atoms with Gasteiger partial charge in [0, 0.05) is 0 Å². The Bertz CT molecular complexity index is 751. The minimum absolute atomic E-state index is 0.0678. The van der Waals surface area contributed by atoms with Crippen LogP contribution in [0.3, 0.4) is 0 Å². The first-order valence-electron chi connectivity index (χ1n) is 5.83. The highest BCUT2D eigenvalue weighted by molar-refractivity contribution is 6.42. The number of nitrogens with zero attached hydrogens (tertiary/aromatic N) is 3. The van der Waals surface area contributed by atoms with E-state index in [1.807, 2.05) is 0 Å². The largest absolute Gasteiger partial charge is 0.293 e. The molecule has 3 aliphatic rings. The van der Waals surface area contributed by atoms with E-state index in [1.54, 1.807) is 24.3 Å². The van der Waals surface area contributed by atoms with Crippen molar-refractivity contribution in [1.82, 2.24) is 14.8 Å². The lowest BCUT2D eigenvalue weighted by Crippen LogP contribution is -2.36. The third-order valence-electron chi connectivity index (χ3n) is 3.66. The summed E-state index contributed by atoms with van der Waals surface area (Å²) in [7, 11) is 0. The molecule has 2 heterocycles. The van der Waals surface area contributed by atoms with E-state index in [-0.39, 0.29) is 28.5 Å². The number of carbonyl (C=O) groups is 3. The number of carbonyl (C=O) groups excluding carboxylic acids is 3. The van der Waals surface area contributed by atoms with Gasteiger partial charge >= 0.3 is 0 Å². The molecular formula is C13H7N3O3. The molecule has 0 amide bonds. The van der Waals surface area contributed by atoms with Gasteiger partial charge in [0.15, 0.2) is 17.4 Å². The third kappa shape index (κ3) is 1.08. The quantitative estimate of drug-likeness (QED) is 0.617. The molecule has 0 saturated heterocycles. The van der Waals surface area contributed by atoms with Gasteiger partial charge in [-0.2, -0.15) is 9.78 Å². The molecule has 2 aliphatic carbocycles. The van der Waals surface area contributed by atoms with E-state index in [2.05, 4.69) is 10.1 Å². The van der Waals surface area contributed by atoms with Crippen LogP contribution in [0.1, 0.15) is 10.6 Å². The topological polar surface area (TPSA) is 81.9 Å². The van der Waals surface area contributed by atoms with Crippen molar-refractivity contribution >= 4 is 23.0 Å². The summed E-state index contributed by atoms with van der Waals surface area (Å²) in [4.78, 5) is 40.9. The molecule has 0 aromatic carbocycles. The van der Waals surface area contributed by atoms with E-state index in [1.165, 1.54) is 6.33 Å². The maximum atomic E-state index is 12.5. The van der Waals surface area contributed by atoms with E-state index in [0.29, 0.717) is 0 Å². The second kappa shape index (κ2) is 3.23. The van der Waals surface area contributed by atoms with Crippen LogP contribution in [0.2, 0.25) is 0 Å². The summed E-state index contributed by atoms with van der Waals surface area (Å²) in [5.41, 5.74) is 0.0514. The number of Topliss-reactive ketones (excluding diaryl/α,β-unsaturated/α-hetero) is 2. The summed E-state index contributed by atoms with van der Waals surface area (Å²) in [6.07, 6.45) is 8.01. The summed E-state index contributed by atoms with van der Waals surface area (Å²) in [6.45, 7) is 0. The molecule has 0 bridgehead atoms. The number of ketones is 2. The van der Waals surface area contributed by atoms with Crippen molar-refractivity contribution in [1.29, 1.82) is 0 Å². The van der Waals surface area contributed by atoms with Crippen LogP contribution in [0, 0.1) is 11.8 Å². The SMILES string of the molecule is O=C1C2=C(C(=O)C3C=CC=CC13)c1ncnn1C2=O. The van der Waals surface area contributed by atoms with Gasteiger partial charge in [-0.15, -0.1) is 0 Å². The van der Waals surface area contributed by atoms with Gasteiger partial charge in [0.25, 0.3) is 5.91 Å². The van der Waals surface area contributed by atoms with Gasteiger partial charge in [-0.1, -0.05) is 24.3 Å². The highest BCUT2D eigenvalue weighted by Gasteiger charge is 2.49. The van der Waals surface area contributed by atoms with Crippen LogP contribution >= 0.6 is 0 Å². The van der Waals surface area contributed by atoms with E-state index in [0.717, 1.165) is 4.68 Å². The first-order chi connectivity index (χ1) is 9.20. The highest BCUT2D eigenvalue weighted by atomic mass is 16.2. The molecule has 6 heteroatoms. The average Bonchev–Trinajstić information content (AvgIpc) is 2.99. The van der Waals surface area contributed by atoms with Crippen LogP contribution in [0.4, 0.5) is 0 Å². The van der Waals surface area contributed by atoms with Gasteiger partial charge in [-0.25, -0.2) is 4.98 Å². The lowest BCUT2D eigenvalue weighted by molar-refractivity contribution is -0.125. The van der Waals surface area contributed by atoms with E-state index < -0.39 is 17.7 Å². The molecule has 0 radical (unpaired) electrons. The summed E-state index contributed by atoms with van der Waals surface area (Å²) in [5, 5.41) is 3.76. The Kier molecular flexibility index (Phi) is 1.75. The first-order valence-corrected chi connectivity index (χ1v) is 5.83. The number of fused-ring (bicyclic) bond motifs is 3. The van der Waals surface area contributed by atoms with E-state index in [9.17, 15) is 14.4 Å². The molecule has 1 aliphatic heterocycles. The van der Waals surface area contributed by atoms with Crippen LogP contribution < -0.4 is 0 Å². The number of hydrogen-bond acceptors (Lipinski definition) is 5. The third-order valence-corrected chi connectivity index (χ3v) is 3.66. The minimum atomic E-state index is -0.579. The molecule has 4 rings (SSSR count). The van der Waals surface area contributed by atoms with Gasteiger partial charge in [-0.05, 0) is 0 Å². The number of hydrogen-bond donors (Lipinski definition) is 0. The fourth-order valence-corrected chi connectivity index (χ4v) is 2.79. The molecule has 2 atom stereocenters. The van der Waals surface area contributed by atoms with Crippen LogP contribution in [0.25, 0.3) is 5.57 Å². The summed E-state index contributed by atoms with van der Waals surface area (Å²) in [5.74, 6) is -2.04. The lowest BCUT2D eigenvalue weighted by Gasteiger charge is -2.26. The zero-order valence-electron chi connectivity index (χ0n) is 9.61. The molecule has 1 aromatic rings. The molecule has 1 aromatic heterocycles. The molecule has 0 saturated carbocycles. The van der Waals surface area contributed by atoms with Gasteiger partial charge < -0.3 is 0 Å². The Morgan fingerprint density at radius 2 is 1.58 bits per heavy atom. The van der Waals surface area contributed by atoms with Crippen molar-refractivity contribution in [3.63, 3.8) is 0 Å². The average molecular weight is 253 g/mol. The Labute approximate surface area is 107 Å². The molecular weight excluding hydrogens is 246 g/mol. The van der Waals surface area contributed by atoms with Crippen molar-refractivity contribution in [2.45, 2.75) is 0 Å². The zero-order chi connectivity index (χ0) is 13.1. The van der Waals surface area contributed by atoms with Crippen LogP contribution in [-0.2, 0) is 9.59 Å². The lowest BCUT2D eigenvalue weighted by atomic mass is 9.72. The Hall–Kier alpha value is -2.63. The fourth-order valence-electron chi connectivity index (χ4n) is 2.79. The predicted molar refractivity (Wildman–Crippen MR) is 62.8 cm³/mol. The summed E-state index contributed by atoms with van der Waals surface area (Å²) in [6, 6.07) is 0. The monoisotopic (exact) mass is 253 g/mol.